The molecule has 0 bridgehead atoms. The highest BCUT2D eigenvalue weighted by Crippen LogP contribution is 2.29. The number of halogens is 2. The summed E-state index contributed by atoms with van der Waals surface area (Å²) >= 11 is 13.4. The van der Waals surface area contributed by atoms with Crippen LogP contribution in [0.15, 0.2) is 29.8 Å². The van der Waals surface area contributed by atoms with E-state index in [1.54, 1.807) is 18.3 Å². The Morgan fingerprint density at radius 1 is 1.33 bits per heavy atom. The minimum Gasteiger partial charge on any atom is -0.318 e. The van der Waals surface area contributed by atoms with E-state index in [-0.39, 0.29) is 6.04 Å². The van der Waals surface area contributed by atoms with E-state index in [1.165, 1.54) is 11.3 Å². The van der Waals surface area contributed by atoms with Gasteiger partial charge >= 0.3 is 0 Å². The van der Waals surface area contributed by atoms with Crippen LogP contribution in [0.1, 0.15) is 16.6 Å². The average Bonchev–Trinajstić information content (AvgIpc) is 2.69. The van der Waals surface area contributed by atoms with E-state index in [0.717, 1.165) is 10.6 Å². The first kappa shape index (κ1) is 10.9. The molecule has 1 atom stereocenters. The first-order chi connectivity index (χ1) is 7.18. The van der Waals surface area contributed by atoms with E-state index in [9.17, 15) is 0 Å². The second-order valence-electron chi connectivity index (χ2n) is 3.01. The summed E-state index contributed by atoms with van der Waals surface area (Å²) in [5.41, 5.74) is 6.88. The number of rotatable bonds is 2. The van der Waals surface area contributed by atoms with Crippen molar-refractivity contribution in [2.75, 3.05) is 0 Å². The van der Waals surface area contributed by atoms with E-state index < -0.39 is 0 Å². The topological polar surface area (TPSA) is 38.9 Å². The highest BCUT2D eigenvalue weighted by atomic mass is 35.5. The molecule has 0 aliphatic rings. The smallest absolute Gasteiger partial charge is 0.114 e. The van der Waals surface area contributed by atoms with Crippen LogP contribution < -0.4 is 5.73 Å². The van der Waals surface area contributed by atoms with Crippen LogP contribution in [-0.2, 0) is 0 Å². The number of benzene rings is 1. The van der Waals surface area contributed by atoms with Crippen molar-refractivity contribution < 1.29 is 0 Å². The number of thiazole rings is 1. The summed E-state index contributed by atoms with van der Waals surface area (Å²) in [5, 5.41) is 3.92. The predicted molar refractivity (Wildman–Crippen MR) is 64.6 cm³/mol. The third kappa shape index (κ3) is 2.32. The van der Waals surface area contributed by atoms with Crippen molar-refractivity contribution in [3.63, 3.8) is 0 Å². The van der Waals surface area contributed by atoms with Gasteiger partial charge in [-0.15, -0.1) is 11.3 Å². The minimum absolute atomic E-state index is 0.283. The van der Waals surface area contributed by atoms with Gasteiger partial charge in [-0.3, -0.25) is 0 Å². The van der Waals surface area contributed by atoms with Crippen molar-refractivity contribution in [1.29, 1.82) is 0 Å². The van der Waals surface area contributed by atoms with Gasteiger partial charge in [-0.25, -0.2) is 4.98 Å². The zero-order valence-corrected chi connectivity index (χ0v) is 9.98. The maximum atomic E-state index is 6.05. The molecule has 2 N–H and O–H groups in total. The number of aromatic nitrogens is 1. The number of hydrogen-bond acceptors (Lipinski definition) is 3. The van der Waals surface area contributed by atoms with Gasteiger partial charge in [0.2, 0.25) is 0 Å². The van der Waals surface area contributed by atoms with Crippen LogP contribution in [0.2, 0.25) is 10.0 Å². The Kier molecular flexibility index (Phi) is 3.26. The van der Waals surface area contributed by atoms with E-state index in [4.69, 9.17) is 28.9 Å². The van der Waals surface area contributed by atoms with Crippen LogP contribution in [0.3, 0.4) is 0 Å². The van der Waals surface area contributed by atoms with Crippen LogP contribution in [0.5, 0.6) is 0 Å². The molecular weight excluding hydrogens is 251 g/mol. The fourth-order valence-electron chi connectivity index (χ4n) is 1.27. The van der Waals surface area contributed by atoms with Crippen LogP contribution >= 0.6 is 34.5 Å². The van der Waals surface area contributed by atoms with Crippen molar-refractivity contribution in [3.05, 3.63) is 50.4 Å². The molecule has 0 amide bonds. The van der Waals surface area contributed by atoms with Crippen LogP contribution in [0.25, 0.3) is 0 Å². The molecule has 0 aliphatic heterocycles. The first-order valence-corrected chi connectivity index (χ1v) is 5.92. The Bertz CT molecular complexity index is 456. The summed E-state index contributed by atoms with van der Waals surface area (Å²) in [7, 11) is 0. The molecule has 0 saturated heterocycles. The van der Waals surface area contributed by atoms with Crippen LogP contribution in [0.4, 0.5) is 0 Å². The van der Waals surface area contributed by atoms with Crippen molar-refractivity contribution in [2.24, 2.45) is 5.73 Å². The molecule has 0 spiro atoms. The lowest BCUT2D eigenvalue weighted by atomic mass is 10.1. The highest BCUT2D eigenvalue weighted by Gasteiger charge is 2.14. The van der Waals surface area contributed by atoms with Crippen molar-refractivity contribution in [3.8, 4) is 0 Å². The van der Waals surface area contributed by atoms with Gasteiger partial charge in [0, 0.05) is 21.6 Å². The Hall–Kier alpha value is -0.610. The largest absolute Gasteiger partial charge is 0.318 e. The lowest BCUT2D eigenvalue weighted by Gasteiger charge is -2.10. The zero-order chi connectivity index (χ0) is 10.8. The van der Waals surface area contributed by atoms with E-state index in [0.29, 0.717) is 10.0 Å². The van der Waals surface area contributed by atoms with Gasteiger partial charge in [0.1, 0.15) is 5.01 Å². The van der Waals surface area contributed by atoms with Crippen molar-refractivity contribution in [1.82, 2.24) is 4.98 Å². The summed E-state index contributed by atoms with van der Waals surface area (Å²) in [5.74, 6) is 0. The summed E-state index contributed by atoms with van der Waals surface area (Å²) in [6, 6.07) is 5.01. The predicted octanol–water partition coefficient (Wildman–Crippen LogP) is 3.50. The van der Waals surface area contributed by atoms with E-state index in [1.807, 2.05) is 11.4 Å². The molecule has 0 aliphatic carbocycles. The standard InChI is InChI=1S/C10H8Cl2N2S/c11-6-1-2-7(8(12)5-6)9(13)10-14-3-4-15-10/h1-5,9H,13H2. The maximum Gasteiger partial charge on any atom is 0.114 e. The second kappa shape index (κ2) is 4.49. The van der Waals surface area contributed by atoms with Gasteiger partial charge in [-0.2, -0.15) is 0 Å². The Labute approximate surface area is 102 Å². The zero-order valence-electron chi connectivity index (χ0n) is 7.65. The molecule has 0 radical (unpaired) electrons. The molecule has 1 unspecified atom stereocenters. The number of nitrogens with two attached hydrogens (primary N) is 1. The summed E-state index contributed by atoms with van der Waals surface area (Å²) in [4.78, 5) is 4.16. The lowest BCUT2D eigenvalue weighted by molar-refractivity contribution is 0.858. The molecule has 78 valence electrons. The monoisotopic (exact) mass is 258 g/mol. The van der Waals surface area contributed by atoms with Crippen LogP contribution in [-0.4, -0.2) is 4.98 Å². The third-order valence-electron chi connectivity index (χ3n) is 2.02. The quantitative estimate of drug-likeness (QED) is 0.896. The lowest BCUT2D eigenvalue weighted by Crippen LogP contribution is -2.11. The molecule has 2 aromatic rings. The number of nitrogens with zero attached hydrogens (tertiary/aromatic N) is 1. The third-order valence-corrected chi connectivity index (χ3v) is 3.44. The Morgan fingerprint density at radius 2 is 2.13 bits per heavy atom. The SMILES string of the molecule is NC(c1nccs1)c1ccc(Cl)cc1Cl. The van der Waals surface area contributed by atoms with Gasteiger partial charge in [-0.1, -0.05) is 29.3 Å². The molecule has 15 heavy (non-hydrogen) atoms. The van der Waals surface area contributed by atoms with Crippen molar-refractivity contribution >= 4 is 34.5 Å². The summed E-state index contributed by atoms with van der Waals surface area (Å²) < 4.78 is 0. The van der Waals surface area contributed by atoms with E-state index >= 15 is 0 Å². The Morgan fingerprint density at radius 3 is 2.73 bits per heavy atom. The van der Waals surface area contributed by atoms with Gasteiger partial charge in [0.05, 0.1) is 6.04 Å². The van der Waals surface area contributed by atoms with Crippen LogP contribution in [0, 0.1) is 0 Å². The molecule has 2 rings (SSSR count). The van der Waals surface area contributed by atoms with Crippen molar-refractivity contribution in [2.45, 2.75) is 6.04 Å². The van der Waals surface area contributed by atoms with Gasteiger partial charge in [0.25, 0.3) is 0 Å². The van der Waals surface area contributed by atoms with Gasteiger partial charge in [0.15, 0.2) is 0 Å². The maximum absolute atomic E-state index is 6.05. The minimum atomic E-state index is -0.283. The molecule has 1 heterocycles. The second-order valence-corrected chi connectivity index (χ2v) is 4.78. The fraction of sp³-hybridized carbons (Fsp3) is 0.100. The van der Waals surface area contributed by atoms with Gasteiger partial charge < -0.3 is 5.73 Å². The molecule has 2 nitrogen and oxygen atoms in total. The van der Waals surface area contributed by atoms with Gasteiger partial charge in [-0.05, 0) is 17.7 Å². The normalized spacial score (nSPS) is 12.7. The molecular formula is C10H8Cl2N2S. The summed E-state index contributed by atoms with van der Waals surface area (Å²) in [6.45, 7) is 0. The first-order valence-electron chi connectivity index (χ1n) is 4.28. The molecule has 5 heteroatoms. The average molecular weight is 259 g/mol. The highest BCUT2D eigenvalue weighted by molar-refractivity contribution is 7.09. The van der Waals surface area contributed by atoms with E-state index in [2.05, 4.69) is 4.98 Å². The molecule has 0 saturated carbocycles. The molecule has 1 aromatic carbocycles. The number of hydrogen-bond donors (Lipinski definition) is 1. The summed E-state index contributed by atoms with van der Waals surface area (Å²) in [6.07, 6.45) is 1.73. The fourth-order valence-corrected chi connectivity index (χ4v) is 2.46. The Balaban J connectivity index is 2.38. The molecule has 1 aromatic heterocycles. The molecule has 0 fully saturated rings.